The number of rotatable bonds is 1. The van der Waals surface area contributed by atoms with Gasteiger partial charge in [-0.15, -0.1) is 0 Å². The fourth-order valence-electron chi connectivity index (χ4n) is 1.94. The summed E-state index contributed by atoms with van der Waals surface area (Å²) >= 11 is 0. The first kappa shape index (κ1) is 10.0. The molecule has 0 saturated carbocycles. The molecule has 0 radical (unpaired) electrons. The van der Waals surface area contributed by atoms with Crippen molar-refractivity contribution in [2.45, 2.75) is 6.92 Å². The zero-order chi connectivity index (χ0) is 11.8. The summed E-state index contributed by atoms with van der Waals surface area (Å²) in [5.41, 5.74) is 8.40. The highest BCUT2D eigenvalue weighted by Crippen LogP contribution is 2.42. The molecule has 0 spiro atoms. The lowest BCUT2D eigenvalue weighted by Gasteiger charge is -2.21. The highest BCUT2D eigenvalue weighted by Gasteiger charge is 2.20. The maximum absolute atomic E-state index is 5.73. The first-order valence-corrected chi connectivity index (χ1v) is 5.36. The second-order valence-corrected chi connectivity index (χ2v) is 3.94. The summed E-state index contributed by atoms with van der Waals surface area (Å²) in [6.45, 7) is 3.09. The number of hydrogen-bond donors (Lipinski definition) is 1. The monoisotopic (exact) mass is 232 g/mol. The molecule has 0 aliphatic carbocycles. The van der Waals surface area contributed by atoms with Gasteiger partial charge in [-0.1, -0.05) is 5.16 Å². The lowest BCUT2D eigenvalue weighted by atomic mass is 10.0. The van der Waals surface area contributed by atoms with Crippen LogP contribution in [0.3, 0.4) is 0 Å². The Morgan fingerprint density at radius 3 is 2.76 bits per heavy atom. The summed E-state index contributed by atoms with van der Waals surface area (Å²) in [5, 5.41) is 3.68. The molecule has 3 rings (SSSR count). The number of aryl methyl sites for hydroxylation is 1. The average molecular weight is 232 g/mol. The molecule has 0 atom stereocenters. The summed E-state index contributed by atoms with van der Waals surface area (Å²) in [6, 6.07) is 3.93. The summed E-state index contributed by atoms with van der Waals surface area (Å²) in [5.74, 6) is 1.73. The van der Waals surface area contributed by atoms with E-state index in [2.05, 4.69) is 5.16 Å². The quantitative estimate of drug-likeness (QED) is 0.814. The van der Waals surface area contributed by atoms with Crippen LogP contribution in [0.15, 0.2) is 22.9 Å². The minimum absolute atomic E-state index is 0.284. The average Bonchev–Trinajstić information content (AvgIpc) is 2.74. The maximum atomic E-state index is 5.73. The number of nitrogens with two attached hydrogens (primary N) is 1. The SMILES string of the molecule is Cc1cc2c(c(-c3cnoc3N)c1)OCCO2. The Labute approximate surface area is 98.1 Å². The normalized spacial score (nSPS) is 13.7. The predicted octanol–water partition coefficient (Wildman–Crippen LogP) is 2.00. The Kier molecular flexibility index (Phi) is 2.18. The molecular formula is C12H12N2O3. The van der Waals surface area contributed by atoms with Crippen LogP contribution in [0, 0.1) is 6.92 Å². The Balaban J connectivity index is 2.22. The van der Waals surface area contributed by atoms with Crippen molar-refractivity contribution in [2.24, 2.45) is 0 Å². The van der Waals surface area contributed by atoms with Crippen molar-refractivity contribution in [1.82, 2.24) is 5.16 Å². The van der Waals surface area contributed by atoms with E-state index >= 15 is 0 Å². The Morgan fingerprint density at radius 2 is 2.00 bits per heavy atom. The van der Waals surface area contributed by atoms with Crippen LogP contribution in [0.25, 0.3) is 11.1 Å². The van der Waals surface area contributed by atoms with E-state index in [1.165, 1.54) is 0 Å². The molecule has 0 fully saturated rings. The molecule has 1 aliphatic rings. The summed E-state index contributed by atoms with van der Waals surface area (Å²) in [4.78, 5) is 0. The van der Waals surface area contributed by atoms with Gasteiger partial charge in [0.05, 0.1) is 11.8 Å². The largest absolute Gasteiger partial charge is 0.486 e. The van der Waals surface area contributed by atoms with Crippen LogP contribution in [0.2, 0.25) is 0 Å². The van der Waals surface area contributed by atoms with Crippen molar-refractivity contribution in [2.75, 3.05) is 18.9 Å². The van der Waals surface area contributed by atoms with Gasteiger partial charge in [0.15, 0.2) is 11.5 Å². The molecular weight excluding hydrogens is 220 g/mol. The predicted molar refractivity (Wildman–Crippen MR) is 62.1 cm³/mol. The van der Waals surface area contributed by atoms with Crippen LogP contribution in [0.4, 0.5) is 5.88 Å². The third kappa shape index (κ3) is 1.60. The standard InChI is InChI=1S/C12H12N2O3/c1-7-4-8(9-6-14-17-12(9)13)11-10(5-7)15-2-3-16-11/h4-6H,2-3,13H2,1H3. The lowest BCUT2D eigenvalue weighted by Crippen LogP contribution is -2.16. The molecule has 0 bridgehead atoms. The summed E-state index contributed by atoms with van der Waals surface area (Å²) in [7, 11) is 0. The van der Waals surface area contributed by atoms with Crippen molar-refractivity contribution < 1.29 is 14.0 Å². The fourth-order valence-corrected chi connectivity index (χ4v) is 1.94. The maximum Gasteiger partial charge on any atom is 0.230 e. The number of benzene rings is 1. The summed E-state index contributed by atoms with van der Waals surface area (Å²) < 4.78 is 16.1. The second kappa shape index (κ2) is 3.69. The second-order valence-electron chi connectivity index (χ2n) is 3.94. The molecule has 2 heterocycles. The van der Waals surface area contributed by atoms with Gasteiger partial charge >= 0.3 is 0 Å². The minimum atomic E-state index is 0.284. The zero-order valence-corrected chi connectivity index (χ0v) is 9.40. The van der Waals surface area contributed by atoms with Crippen molar-refractivity contribution in [3.05, 3.63) is 23.9 Å². The van der Waals surface area contributed by atoms with Gasteiger partial charge in [0, 0.05) is 5.56 Å². The molecule has 5 nitrogen and oxygen atoms in total. The van der Waals surface area contributed by atoms with E-state index in [4.69, 9.17) is 19.7 Å². The molecule has 0 saturated heterocycles. The molecule has 2 aromatic rings. The van der Waals surface area contributed by atoms with E-state index in [0.29, 0.717) is 19.0 Å². The Morgan fingerprint density at radius 1 is 1.18 bits per heavy atom. The number of hydrogen-bond acceptors (Lipinski definition) is 5. The van der Waals surface area contributed by atoms with Gasteiger partial charge < -0.3 is 19.7 Å². The van der Waals surface area contributed by atoms with E-state index in [-0.39, 0.29) is 5.88 Å². The van der Waals surface area contributed by atoms with Gasteiger partial charge in [-0.05, 0) is 24.6 Å². The smallest absolute Gasteiger partial charge is 0.230 e. The fraction of sp³-hybridized carbons (Fsp3) is 0.250. The molecule has 1 aliphatic heterocycles. The molecule has 2 N–H and O–H groups in total. The third-order valence-electron chi connectivity index (χ3n) is 2.67. The van der Waals surface area contributed by atoms with Crippen LogP contribution >= 0.6 is 0 Å². The lowest BCUT2D eigenvalue weighted by molar-refractivity contribution is 0.172. The van der Waals surface area contributed by atoms with E-state index in [9.17, 15) is 0 Å². The van der Waals surface area contributed by atoms with Gasteiger partial charge in [0.2, 0.25) is 5.88 Å². The molecule has 17 heavy (non-hydrogen) atoms. The highest BCUT2D eigenvalue weighted by molar-refractivity contribution is 5.80. The summed E-state index contributed by atoms with van der Waals surface area (Å²) in [6.07, 6.45) is 1.59. The first-order chi connectivity index (χ1) is 8.25. The molecule has 1 aromatic carbocycles. The zero-order valence-electron chi connectivity index (χ0n) is 9.40. The van der Waals surface area contributed by atoms with Crippen LogP contribution in [0.1, 0.15) is 5.56 Å². The van der Waals surface area contributed by atoms with Gasteiger partial charge in [-0.2, -0.15) is 0 Å². The topological polar surface area (TPSA) is 70.5 Å². The highest BCUT2D eigenvalue weighted by atomic mass is 16.6. The van der Waals surface area contributed by atoms with Crippen molar-refractivity contribution >= 4 is 5.88 Å². The molecule has 1 aromatic heterocycles. The Bertz CT molecular complexity index is 563. The third-order valence-corrected chi connectivity index (χ3v) is 2.67. The van der Waals surface area contributed by atoms with Gasteiger partial charge in [0.1, 0.15) is 13.2 Å². The van der Waals surface area contributed by atoms with E-state index in [0.717, 1.165) is 22.4 Å². The molecule has 88 valence electrons. The first-order valence-electron chi connectivity index (χ1n) is 5.36. The number of nitrogen functional groups attached to an aromatic ring is 1. The van der Waals surface area contributed by atoms with Crippen LogP contribution in [0.5, 0.6) is 11.5 Å². The van der Waals surface area contributed by atoms with E-state index < -0.39 is 0 Å². The van der Waals surface area contributed by atoms with Gasteiger partial charge in [-0.25, -0.2) is 0 Å². The van der Waals surface area contributed by atoms with E-state index in [1.54, 1.807) is 6.20 Å². The number of ether oxygens (including phenoxy) is 2. The molecule has 0 amide bonds. The number of fused-ring (bicyclic) bond motifs is 1. The number of nitrogens with zero attached hydrogens (tertiary/aromatic N) is 1. The van der Waals surface area contributed by atoms with Crippen LogP contribution in [-0.2, 0) is 0 Å². The van der Waals surface area contributed by atoms with Crippen LogP contribution < -0.4 is 15.2 Å². The Hall–Kier alpha value is -2.17. The minimum Gasteiger partial charge on any atom is -0.486 e. The number of anilines is 1. The van der Waals surface area contributed by atoms with Gasteiger partial charge in [0.25, 0.3) is 0 Å². The van der Waals surface area contributed by atoms with E-state index in [1.807, 2.05) is 19.1 Å². The van der Waals surface area contributed by atoms with Gasteiger partial charge in [-0.3, -0.25) is 0 Å². The molecule has 0 unspecified atom stereocenters. The molecule has 5 heteroatoms. The van der Waals surface area contributed by atoms with Crippen LogP contribution in [-0.4, -0.2) is 18.4 Å². The van der Waals surface area contributed by atoms with Crippen molar-refractivity contribution in [3.63, 3.8) is 0 Å². The number of aromatic nitrogens is 1. The van der Waals surface area contributed by atoms with Crippen molar-refractivity contribution in [1.29, 1.82) is 0 Å². The van der Waals surface area contributed by atoms with Crippen molar-refractivity contribution in [3.8, 4) is 22.6 Å².